The molecular weight excluding hydrogens is 292 g/mol. The molecule has 3 N–H and O–H groups in total. The van der Waals surface area contributed by atoms with Crippen LogP contribution in [0.25, 0.3) is 10.8 Å². The Morgan fingerprint density at radius 2 is 1.61 bits per heavy atom. The maximum atomic E-state index is 11.9. The Balaban J connectivity index is 1.80. The number of carbonyl (C=O) groups is 1. The van der Waals surface area contributed by atoms with E-state index in [9.17, 15) is 15.0 Å². The molecule has 0 radical (unpaired) electrons. The van der Waals surface area contributed by atoms with Gasteiger partial charge in [-0.25, -0.2) is 5.43 Å². The number of benzene rings is 3. The Labute approximate surface area is 132 Å². The fraction of sp³-hybridized carbons (Fsp3) is 0. The SMILES string of the molecule is O=C(N/N=C/c1ccc(O)c2ccccc12)c1ccc(O)cc1. The van der Waals surface area contributed by atoms with Gasteiger partial charge in [0, 0.05) is 16.5 Å². The molecule has 5 heteroatoms. The molecule has 0 atom stereocenters. The van der Waals surface area contributed by atoms with Crippen molar-refractivity contribution in [2.24, 2.45) is 5.10 Å². The second kappa shape index (κ2) is 6.19. The predicted octanol–water partition coefficient (Wildman–Crippen LogP) is 3.01. The van der Waals surface area contributed by atoms with Crippen LogP contribution < -0.4 is 5.43 Å². The van der Waals surface area contributed by atoms with E-state index < -0.39 is 0 Å². The summed E-state index contributed by atoms with van der Waals surface area (Å²) in [5.41, 5.74) is 3.61. The van der Waals surface area contributed by atoms with Gasteiger partial charge in [-0.3, -0.25) is 4.79 Å². The number of fused-ring (bicyclic) bond motifs is 1. The molecule has 0 unspecified atom stereocenters. The summed E-state index contributed by atoms with van der Waals surface area (Å²) in [6.45, 7) is 0. The van der Waals surface area contributed by atoms with Crippen LogP contribution in [0.15, 0.2) is 65.8 Å². The number of rotatable bonds is 3. The fourth-order valence-corrected chi connectivity index (χ4v) is 2.26. The Morgan fingerprint density at radius 3 is 2.35 bits per heavy atom. The van der Waals surface area contributed by atoms with Crippen molar-refractivity contribution in [3.8, 4) is 11.5 Å². The van der Waals surface area contributed by atoms with E-state index in [2.05, 4.69) is 10.5 Å². The molecule has 0 aliphatic carbocycles. The molecule has 3 aromatic rings. The van der Waals surface area contributed by atoms with E-state index in [0.717, 1.165) is 16.3 Å². The van der Waals surface area contributed by atoms with Crippen LogP contribution in [0.2, 0.25) is 0 Å². The van der Waals surface area contributed by atoms with Crippen molar-refractivity contribution in [2.75, 3.05) is 0 Å². The minimum Gasteiger partial charge on any atom is -0.508 e. The molecule has 0 spiro atoms. The number of amides is 1. The van der Waals surface area contributed by atoms with Gasteiger partial charge in [0.05, 0.1) is 6.21 Å². The Hall–Kier alpha value is -3.34. The van der Waals surface area contributed by atoms with Gasteiger partial charge >= 0.3 is 0 Å². The number of hydrogen-bond donors (Lipinski definition) is 3. The number of phenols is 2. The summed E-state index contributed by atoms with van der Waals surface area (Å²) < 4.78 is 0. The highest BCUT2D eigenvalue weighted by atomic mass is 16.3. The number of nitrogens with zero attached hydrogens (tertiary/aromatic N) is 1. The first-order chi connectivity index (χ1) is 11.1. The molecule has 114 valence electrons. The lowest BCUT2D eigenvalue weighted by molar-refractivity contribution is 0.0955. The van der Waals surface area contributed by atoms with Crippen LogP contribution in [0.4, 0.5) is 0 Å². The van der Waals surface area contributed by atoms with Crippen molar-refractivity contribution >= 4 is 22.9 Å². The Morgan fingerprint density at radius 1 is 0.913 bits per heavy atom. The van der Waals surface area contributed by atoms with Crippen molar-refractivity contribution in [1.29, 1.82) is 0 Å². The van der Waals surface area contributed by atoms with E-state index in [1.54, 1.807) is 12.1 Å². The van der Waals surface area contributed by atoms with Crippen LogP contribution in [0.5, 0.6) is 11.5 Å². The zero-order valence-corrected chi connectivity index (χ0v) is 12.1. The van der Waals surface area contributed by atoms with Crippen LogP contribution in [0.1, 0.15) is 15.9 Å². The lowest BCUT2D eigenvalue weighted by Gasteiger charge is -2.04. The quantitative estimate of drug-likeness (QED) is 0.514. The summed E-state index contributed by atoms with van der Waals surface area (Å²) in [6.07, 6.45) is 1.53. The summed E-state index contributed by atoms with van der Waals surface area (Å²) in [6, 6.07) is 16.6. The van der Waals surface area contributed by atoms with Crippen LogP contribution in [0.3, 0.4) is 0 Å². The number of aromatic hydroxyl groups is 2. The zero-order chi connectivity index (χ0) is 16.2. The second-order valence-electron chi connectivity index (χ2n) is 4.97. The molecule has 0 fully saturated rings. The summed E-state index contributed by atoms with van der Waals surface area (Å²) in [5, 5.41) is 24.6. The van der Waals surface area contributed by atoms with Gasteiger partial charge in [-0.05, 0) is 41.8 Å². The van der Waals surface area contributed by atoms with E-state index in [-0.39, 0.29) is 17.4 Å². The number of phenolic OH excluding ortho intramolecular Hbond substituents is 2. The molecule has 5 nitrogen and oxygen atoms in total. The Bertz CT molecular complexity index is 886. The number of carbonyl (C=O) groups excluding carboxylic acids is 1. The largest absolute Gasteiger partial charge is 0.508 e. The summed E-state index contributed by atoms with van der Waals surface area (Å²) in [7, 11) is 0. The van der Waals surface area contributed by atoms with E-state index in [1.807, 2.05) is 24.3 Å². The van der Waals surface area contributed by atoms with E-state index in [0.29, 0.717) is 5.56 Å². The van der Waals surface area contributed by atoms with Gasteiger partial charge in [-0.15, -0.1) is 0 Å². The van der Waals surface area contributed by atoms with Gasteiger partial charge in [0.1, 0.15) is 11.5 Å². The van der Waals surface area contributed by atoms with E-state index >= 15 is 0 Å². The minimum absolute atomic E-state index is 0.0978. The lowest BCUT2D eigenvalue weighted by Crippen LogP contribution is -2.17. The zero-order valence-electron chi connectivity index (χ0n) is 12.1. The Kier molecular flexibility index (Phi) is 3.93. The first kappa shape index (κ1) is 14.6. The van der Waals surface area contributed by atoms with Gasteiger partial charge in [-0.1, -0.05) is 24.3 Å². The third-order valence-electron chi connectivity index (χ3n) is 3.43. The molecule has 0 saturated carbocycles. The molecule has 0 aromatic heterocycles. The van der Waals surface area contributed by atoms with Crippen LogP contribution in [0, 0.1) is 0 Å². The molecule has 3 rings (SSSR count). The number of nitrogens with one attached hydrogen (secondary N) is 1. The molecule has 0 aliphatic rings. The second-order valence-corrected chi connectivity index (χ2v) is 4.97. The van der Waals surface area contributed by atoms with Gasteiger partial charge in [0.15, 0.2) is 0 Å². The standard InChI is InChI=1S/C18H14N2O3/c21-14-8-5-12(6-9-14)18(23)20-19-11-13-7-10-17(22)16-4-2-1-3-15(13)16/h1-11,21-22H,(H,20,23)/b19-11+. The van der Waals surface area contributed by atoms with Crippen LogP contribution in [-0.2, 0) is 0 Å². The smallest absolute Gasteiger partial charge is 0.271 e. The molecular formula is C18H14N2O3. The van der Waals surface area contributed by atoms with Crippen LogP contribution >= 0.6 is 0 Å². The van der Waals surface area contributed by atoms with Crippen molar-refractivity contribution < 1.29 is 15.0 Å². The monoisotopic (exact) mass is 306 g/mol. The van der Waals surface area contributed by atoms with Crippen molar-refractivity contribution in [3.63, 3.8) is 0 Å². The highest BCUT2D eigenvalue weighted by Gasteiger charge is 2.05. The highest BCUT2D eigenvalue weighted by Crippen LogP contribution is 2.26. The van der Waals surface area contributed by atoms with Gasteiger partial charge in [0.25, 0.3) is 5.91 Å². The van der Waals surface area contributed by atoms with Gasteiger partial charge in [-0.2, -0.15) is 5.10 Å². The topological polar surface area (TPSA) is 81.9 Å². The third-order valence-corrected chi connectivity index (χ3v) is 3.43. The van der Waals surface area contributed by atoms with Gasteiger partial charge < -0.3 is 10.2 Å². The first-order valence-corrected chi connectivity index (χ1v) is 6.98. The summed E-state index contributed by atoms with van der Waals surface area (Å²) in [5.74, 6) is -0.0733. The van der Waals surface area contributed by atoms with E-state index in [1.165, 1.54) is 30.5 Å². The van der Waals surface area contributed by atoms with Crippen molar-refractivity contribution in [2.45, 2.75) is 0 Å². The average Bonchev–Trinajstić information content (AvgIpc) is 2.58. The summed E-state index contributed by atoms with van der Waals surface area (Å²) >= 11 is 0. The molecule has 0 bridgehead atoms. The van der Waals surface area contributed by atoms with Crippen molar-refractivity contribution in [1.82, 2.24) is 5.43 Å². The summed E-state index contributed by atoms with van der Waals surface area (Å²) in [4.78, 5) is 11.9. The molecule has 0 saturated heterocycles. The maximum absolute atomic E-state index is 11.9. The highest BCUT2D eigenvalue weighted by molar-refractivity contribution is 6.02. The molecule has 0 heterocycles. The minimum atomic E-state index is -0.371. The fourth-order valence-electron chi connectivity index (χ4n) is 2.26. The van der Waals surface area contributed by atoms with E-state index in [4.69, 9.17) is 0 Å². The van der Waals surface area contributed by atoms with Crippen molar-refractivity contribution in [3.05, 3.63) is 71.8 Å². The molecule has 1 amide bonds. The third kappa shape index (κ3) is 3.13. The molecule has 3 aromatic carbocycles. The average molecular weight is 306 g/mol. The van der Waals surface area contributed by atoms with Gasteiger partial charge in [0.2, 0.25) is 0 Å². The molecule has 0 aliphatic heterocycles. The first-order valence-electron chi connectivity index (χ1n) is 6.98. The number of hydrazone groups is 1. The molecule has 23 heavy (non-hydrogen) atoms. The van der Waals surface area contributed by atoms with Crippen LogP contribution in [-0.4, -0.2) is 22.3 Å². The number of hydrogen-bond acceptors (Lipinski definition) is 4. The predicted molar refractivity (Wildman–Crippen MR) is 88.8 cm³/mol. The lowest BCUT2D eigenvalue weighted by atomic mass is 10.0. The maximum Gasteiger partial charge on any atom is 0.271 e. The normalized spacial score (nSPS) is 11.0.